The van der Waals surface area contributed by atoms with E-state index in [1.165, 1.54) is 13.2 Å². The third-order valence-corrected chi connectivity index (χ3v) is 2.56. The monoisotopic (exact) mass is 256 g/mol. The van der Waals surface area contributed by atoms with Crippen molar-refractivity contribution >= 4 is 28.2 Å². The van der Waals surface area contributed by atoms with Crippen LogP contribution in [-0.2, 0) is 4.74 Å². The van der Waals surface area contributed by atoms with Crippen molar-refractivity contribution in [2.45, 2.75) is 6.92 Å². The molecule has 0 aliphatic carbocycles. The van der Waals surface area contributed by atoms with E-state index in [0.717, 1.165) is 5.56 Å². The van der Waals surface area contributed by atoms with Gasteiger partial charge in [-0.3, -0.25) is 4.79 Å². The van der Waals surface area contributed by atoms with Gasteiger partial charge in [-0.05, 0) is 24.6 Å². The maximum atomic E-state index is 11.3. The average Bonchev–Trinajstić information content (AvgIpc) is 2.17. The van der Waals surface area contributed by atoms with Gasteiger partial charge in [-0.15, -0.1) is 0 Å². The molecule has 0 atom stereocenters. The van der Waals surface area contributed by atoms with Crippen LogP contribution in [0.2, 0.25) is 0 Å². The molecule has 0 aliphatic heterocycles. The minimum absolute atomic E-state index is 0.415. The first-order chi connectivity index (χ1) is 6.60. The minimum atomic E-state index is -0.432. The zero-order valence-electron chi connectivity index (χ0n) is 7.83. The third-order valence-electron chi connectivity index (χ3n) is 1.88. The van der Waals surface area contributed by atoms with Crippen molar-refractivity contribution < 1.29 is 14.3 Å². The highest BCUT2D eigenvalue weighted by atomic mass is 79.9. The van der Waals surface area contributed by atoms with Crippen LogP contribution in [0.15, 0.2) is 16.6 Å². The number of hydrogen-bond donors (Lipinski definition) is 0. The predicted octanol–water partition coefficient (Wildman–Crippen LogP) is 2.36. The molecule has 0 saturated heterocycles. The minimum Gasteiger partial charge on any atom is -0.465 e. The van der Waals surface area contributed by atoms with Crippen LogP contribution in [0.4, 0.5) is 0 Å². The number of benzene rings is 1. The fourth-order valence-electron chi connectivity index (χ4n) is 1.11. The summed E-state index contributed by atoms with van der Waals surface area (Å²) in [4.78, 5) is 21.9. The van der Waals surface area contributed by atoms with Gasteiger partial charge in [0.25, 0.3) is 0 Å². The topological polar surface area (TPSA) is 43.4 Å². The molecule has 74 valence electrons. The fourth-order valence-corrected chi connectivity index (χ4v) is 1.66. The summed E-state index contributed by atoms with van der Waals surface area (Å²) in [5, 5.41) is 0. The molecule has 0 radical (unpaired) electrons. The van der Waals surface area contributed by atoms with Gasteiger partial charge in [-0.2, -0.15) is 0 Å². The number of methoxy groups -OCH3 is 1. The molecule has 0 heterocycles. The van der Waals surface area contributed by atoms with Crippen LogP contribution < -0.4 is 0 Å². The highest BCUT2D eigenvalue weighted by molar-refractivity contribution is 9.10. The number of rotatable bonds is 2. The van der Waals surface area contributed by atoms with E-state index >= 15 is 0 Å². The second-order valence-corrected chi connectivity index (χ2v) is 3.65. The Hall–Kier alpha value is -1.16. The Bertz CT molecular complexity index is 385. The van der Waals surface area contributed by atoms with Crippen molar-refractivity contribution in [2.24, 2.45) is 0 Å². The first-order valence-corrected chi connectivity index (χ1v) is 4.73. The third kappa shape index (κ3) is 2.01. The largest absolute Gasteiger partial charge is 0.465 e. The second kappa shape index (κ2) is 4.37. The molecule has 1 aromatic carbocycles. The molecule has 0 aromatic heterocycles. The maximum absolute atomic E-state index is 11.3. The first kappa shape index (κ1) is 10.9. The molecule has 1 rings (SSSR count). The summed E-state index contributed by atoms with van der Waals surface area (Å²) >= 11 is 3.23. The normalized spacial score (nSPS) is 9.64. The zero-order chi connectivity index (χ0) is 10.7. The smallest absolute Gasteiger partial charge is 0.338 e. The molecule has 0 bridgehead atoms. The van der Waals surface area contributed by atoms with E-state index in [-0.39, 0.29) is 0 Å². The number of carbonyl (C=O) groups excluding carboxylic acids is 2. The van der Waals surface area contributed by atoms with Gasteiger partial charge < -0.3 is 4.74 Å². The van der Waals surface area contributed by atoms with Crippen LogP contribution in [0, 0.1) is 6.92 Å². The van der Waals surface area contributed by atoms with Crippen molar-refractivity contribution in [1.82, 2.24) is 0 Å². The number of halogens is 1. The van der Waals surface area contributed by atoms with Crippen LogP contribution in [0.5, 0.6) is 0 Å². The number of carbonyl (C=O) groups is 2. The number of esters is 1. The molecule has 0 fully saturated rings. The van der Waals surface area contributed by atoms with Crippen LogP contribution >= 0.6 is 15.9 Å². The summed E-state index contributed by atoms with van der Waals surface area (Å²) < 4.78 is 5.26. The zero-order valence-corrected chi connectivity index (χ0v) is 9.42. The van der Waals surface area contributed by atoms with Gasteiger partial charge in [0, 0.05) is 10.0 Å². The Morgan fingerprint density at radius 2 is 2.14 bits per heavy atom. The predicted molar refractivity (Wildman–Crippen MR) is 55.6 cm³/mol. The molecule has 3 nitrogen and oxygen atoms in total. The molecule has 0 spiro atoms. The number of aldehydes is 1. The van der Waals surface area contributed by atoms with Crippen molar-refractivity contribution in [2.75, 3.05) is 7.11 Å². The number of hydrogen-bond acceptors (Lipinski definition) is 3. The number of aryl methyl sites for hydroxylation is 1. The Morgan fingerprint density at radius 1 is 1.50 bits per heavy atom. The van der Waals surface area contributed by atoms with E-state index in [1.54, 1.807) is 13.0 Å². The lowest BCUT2D eigenvalue weighted by molar-refractivity contribution is 0.0600. The van der Waals surface area contributed by atoms with Gasteiger partial charge in [0.1, 0.15) is 0 Å². The molecule has 0 unspecified atom stereocenters. The Morgan fingerprint density at radius 3 is 2.64 bits per heavy atom. The second-order valence-electron chi connectivity index (χ2n) is 2.80. The van der Waals surface area contributed by atoms with E-state index in [1.807, 2.05) is 0 Å². The summed E-state index contributed by atoms with van der Waals surface area (Å²) in [6.45, 7) is 1.78. The Labute approximate surface area is 90.2 Å². The quantitative estimate of drug-likeness (QED) is 0.603. The molecular weight excluding hydrogens is 248 g/mol. The van der Waals surface area contributed by atoms with Gasteiger partial charge in [0.2, 0.25) is 0 Å². The highest BCUT2D eigenvalue weighted by Gasteiger charge is 2.11. The van der Waals surface area contributed by atoms with E-state index in [0.29, 0.717) is 21.9 Å². The van der Waals surface area contributed by atoms with Crippen molar-refractivity contribution in [1.29, 1.82) is 0 Å². The summed E-state index contributed by atoms with van der Waals surface area (Å²) in [6.07, 6.45) is 0.690. The summed E-state index contributed by atoms with van der Waals surface area (Å²) in [7, 11) is 1.31. The molecule has 14 heavy (non-hydrogen) atoms. The maximum Gasteiger partial charge on any atom is 0.338 e. The lowest BCUT2D eigenvalue weighted by atomic mass is 10.1. The van der Waals surface area contributed by atoms with E-state index in [4.69, 9.17) is 0 Å². The number of ether oxygens (including phenoxy) is 1. The van der Waals surface area contributed by atoms with Crippen LogP contribution in [0.1, 0.15) is 26.3 Å². The standard InChI is InChI=1S/C10H9BrO3/c1-6-3-9(11)7(5-12)4-8(6)10(13)14-2/h3-5H,1-2H3. The van der Waals surface area contributed by atoms with Gasteiger partial charge >= 0.3 is 5.97 Å². The molecule has 1 aromatic rings. The van der Waals surface area contributed by atoms with E-state index in [2.05, 4.69) is 20.7 Å². The van der Waals surface area contributed by atoms with Gasteiger partial charge in [-0.1, -0.05) is 15.9 Å². The summed E-state index contributed by atoms with van der Waals surface area (Å²) in [5.74, 6) is -0.432. The highest BCUT2D eigenvalue weighted by Crippen LogP contribution is 2.20. The summed E-state index contributed by atoms with van der Waals surface area (Å²) in [6, 6.07) is 3.23. The van der Waals surface area contributed by atoms with Gasteiger partial charge in [0.05, 0.1) is 12.7 Å². The van der Waals surface area contributed by atoms with Crippen molar-refractivity contribution in [3.63, 3.8) is 0 Å². The van der Waals surface area contributed by atoms with Gasteiger partial charge in [-0.25, -0.2) is 4.79 Å². The molecule has 0 saturated carbocycles. The molecular formula is C10H9BrO3. The van der Waals surface area contributed by atoms with Crippen LogP contribution in [0.3, 0.4) is 0 Å². The van der Waals surface area contributed by atoms with Crippen molar-refractivity contribution in [3.8, 4) is 0 Å². The SMILES string of the molecule is COC(=O)c1cc(C=O)c(Br)cc1C. The van der Waals surface area contributed by atoms with Crippen molar-refractivity contribution in [3.05, 3.63) is 33.3 Å². The van der Waals surface area contributed by atoms with Gasteiger partial charge in [0.15, 0.2) is 6.29 Å². The Kier molecular flexibility index (Phi) is 3.41. The fraction of sp³-hybridized carbons (Fsp3) is 0.200. The summed E-state index contributed by atoms with van der Waals surface area (Å²) in [5.41, 5.74) is 1.63. The molecule has 0 N–H and O–H groups in total. The lowest BCUT2D eigenvalue weighted by Crippen LogP contribution is -2.05. The lowest BCUT2D eigenvalue weighted by Gasteiger charge is -2.05. The molecule has 0 amide bonds. The first-order valence-electron chi connectivity index (χ1n) is 3.93. The van der Waals surface area contributed by atoms with Crippen LogP contribution in [0.25, 0.3) is 0 Å². The molecule has 0 aliphatic rings. The average molecular weight is 257 g/mol. The van der Waals surface area contributed by atoms with Crippen LogP contribution in [-0.4, -0.2) is 19.4 Å². The van der Waals surface area contributed by atoms with E-state index in [9.17, 15) is 9.59 Å². The Balaban J connectivity index is 3.30. The molecule has 4 heteroatoms. The van der Waals surface area contributed by atoms with E-state index < -0.39 is 5.97 Å².